The van der Waals surface area contributed by atoms with Gasteiger partial charge in [-0.05, 0) is 28.8 Å². The third kappa shape index (κ3) is 3.27. The first-order valence-electron chi connectivity index (χ1n) is 7.63. The van der Waals surface area contributed by atoms with Gasteiger partial charge in [0, 0.05) is 0 Å². The highest BCUT2D eigenvalue weighted by atomic mass is 28.4. The first-order chi connectivity index (χ1) is 9.81. The fraction of sp³-hybridized carbons (Fsp3) is 0.556. The number of terminal acetylenes is 1. The van der Waals surface area contributed by atoms with Crippen molar-refractivity contribution in [2.24, 2.45) is 0 Å². The molecule has 1 aromatic carbocycles. The van der Waals surface area contributed by atoms with E-state index in [9.17, 15) is 0 Å². The summed E-state index contributed by atoms with van der Waals surface area (Å²) in [6, 6.07) is 5.73. The Morgan fingerprint density at radius 3 is 1.90 bits per heavy atom. The number of hydrogen-bond donors (Lipinski definition) is 0. The van der Waals surface area contributed by atoms with E-state index in [1.54, 1.807) is 7.11 Å². The van der Waals surface area contributed by atoms with E-state index in [4.69, 9.17) is 15.6 Å². The van der Waals surface area contributed by atoms with Gasteiger partial charge in [-0.15, -0.1) is 6.42 Å². The average Bonchev–Trinajstić information content (AvgIpc) is 2.42. The van der Waals surface area contributed by atoms with Crippen molar-refractivity contribution in [3.05, 3.63) is 23.8 Å². The fourth-order valence-electron chi connectivity index (χ4n) is 3.43. The lowest BCUT2D eigenvalue weighted by molar-refractivity contribution is 0.382. The standard InChI is InChI=1S/C18H28O2Si/c1-9-16-11-10-12-17(19-8)18(16)20-21(13(2)3,14(4)5)15(6)7/h1,10-15H,2-8H3. The van der Waals surface area contributed by atoms with Crippen molar-refractivity contribution in [1.82, 2.24) is 0 Å². The first-order valence-corrected chi connectivity index (χ1v) is 9.77. The van der Waals surface area contributed by atoms with E-state index in [2.05, 4.69) is 47.5 Å². The molecule has 0 aliphatic heterocycles. The highest BCUT2D eigenvalue weighted by Crippen LogP contribution is 2.45. The zero-order valence-electron chi connectivity index (χ0n) is 14.4. The summed E-state index contributed by atoms with van der Waals surface area (Å²) >= 11 is 0. The summed E-state index contributed by atoms with van der Waals surface area (Å²) in [5.74, 6) is 4.19. The number of benzene rings is 1. The molecule has 21 heavy (non-hydrogen) atoms. The van der Waals surface area contributed by atoms with E-state index in [0.717, 1.165) is 17.1 Å². The third-order valence-electron chi connectivity index (χ3n) is 4.34. The van der Waals surface area contributed by atoms with Crippen molar-refractivity contribution in [1.29, 1.82) is 0 Å². The molecule has 0 N–H and O–H groups in total. The largest absolute Gasteiger partial charge is 0.539 e. The number of ether oxygens (including phenoxy) is 1. The van der Waals surface area contributed by atoms with Gasteiger partial charge in [-0.2, -0.15) is 0 Å². The molecule has 0 saturated carbocycles. The SMILES string of the molecule is C#Cc1cccc(OC)c1O[Si](C(C)C)(C(C)C)C(C)C. The Hall–Kier alpha value is -1.40. The zero-order chi connectivity index (χ0) is 16.2. The van der Waals surface area contributed by atoms with Crippen LogP contribution in [-0.4, -0.2) is 15.4 Å². The van der Waals surface area contributed by atoms with Crippen LogP contribution < -0.4 is 9.16 Å². The Morgan fingerprint density at radius 1 is 1.00 bits per heavy atom. The Bertz CT molecular complexity index is 491. The van der Waals surface area contributed by atoms with Crippen molar-refractivity contribution in [3.63, 3.8) is 0 Å². The van der Waals surface area contributed by atoms with Crippen LogP contribution in [-0.2, 0) is 0 Å². The predicted molar refractivity (Wildman–Crippen MR) is 92.6 cm³/mol. The van der Waals surface area contributed by atoms with Gasteiger partial charge in [-0.25, -0.2) is 0 Å². The molecule has 0 atom stereocenters. The number of para-hydroxylation sites is 1. The van der Waals surface area contributed by atoms with E-state index in [1.165, 1.54) is 0 Å². The second kappa shape index (κ2) is 7.04. The molecule has 2 nitrogen and oxygen atoms in total. The second-order valence-corrected chi connectivity index (χ2v) is 11.8. The van der Waals surface area contributed by atoms with Gasteiger partial charge in [0.05, 0.1) is 12.7 Å². The molecular weight excluding hydrogens is 276 g/mol. The summed E-state index contributed by atoms with van der Waals surface area (Å²) < 4.78 is 12.2. The molecule has 0 heterocycles. The van der Waals surface area contributed by atoms with Gasteiger partial charge in [-0.1, -0.05) is 53.5 Å². The van der Waals surface area contributed by atoms with Crippen LogP contribution >= 0.6 is 0 Å². The molecule has 0 aliphatic rings. The molecule has 0 unspecified atom stereocenters. The summed E-state index contributed by atoms with van der Waals surface area (Å²) in [7, 11) is -0.381. The minimum atomic E-state index is -2.04. The summed E-state index contributed by atoms with van der Waals surface area (Å²) in [6.45, 7) is 13.6. The quantitative estimate of drug-likeness (QED) is 0.529. The van der Waals surface area contributed by atoms with Crippen molar-refractivity contribution in [2.45, 2.75) is 58.2 Å². The number of rotatable bonds is 6. The van der Waals surface area contributed by atoms with Crippen molar-refractivity contribution in [2.75, 3.05) is 7.11 Å². The molecule has 116 valence electrons. The maximum atomic E-state index is 6.70. The van der Waals surface area contributed by atoms with Gasteiger partial charge in [0.1, 0.15) is 0 Å². The molecule has 1 rings (SSSR count). The highest BCUT2D eigenvalue weighted by Gasteiger charge is 2.47. The first kappa shape index (κ1) is 17.6. The van der Waals surface area contributed by atoms with Crippen LogP contribution in [0.25, 0.3) is 0 Å². The van der Waals surface area contributed by atoms with Gasteiger partial charge >= 0.3 is 0 Å². The topological polar surface area (TPSA) is 18.5 Å². The molecule has 0 bridgehead atoms. The lowest BCUT2D eigenvalue weighted by Gasteiger charge is -2.42. The van der Waals surface area contributed by atoms with E-state index in [-0.39, 0.29) is 0 Å². The molecule has 0 aliphatic carbocycles. The molecular formula is C18H28O2Si. The maximum Gasteiger partial charge on any atom is 0.258 e. The van der Waals surface area contributed by atoms with Gasteiger partial charge in [-0.3, -0.25) is 0 Å². The van der Waals surface area contributed by atoms with Crippen LogP contribution in [0.1, 0.15) is 47.1 Å². The van der Waals surface area contributed by atoms with Crippen LogP contribution in [0.5, 0.6) is 11.5 Å². The van der Waals surface area contributed by atoms with Gasteiger partial charge in [0.25, 0.3) is 8.32 Å². The molecule has 0 fully saturated rings. The minimum absolute atomic E-state index is 0.494. The molecule has 0 amide bonds. The monoisotopic (exact) mass is 304 g/mol. The zero-order valence-corrected chi connectivity index (χ0v) is 15.4. The van der Waals surface area contributed by atoms with Crippen molar-refractivity contribution in [3.8, 4) is 23.8 Å². The maximum absolute atomic E-state index is 6.70. The third-order valence-corrected chi connectivity index (χ3v) is 10.3. The molecule has 0 radical (unpaired) electrons. The highest BCUT2D eigenvalue weighted by molar-refractivity contribution is 6.78. The van der Waals surface area contributed by atoms with Crippen LogP contribution in [0.3, 0.4) is 0 Å². The van der Waals surface area contributed by atoms with Gasteiger partial charge in [0.2, 0.25) is 0 Å². The summed E-state index contributed by atoms with van der Waals surface area (Å²) in [6.07, 6.45) is 5.65. The Labute approximate surface area is 131 Å². The minimum Gasteiger partial charge on any atom is -0.539 e. The normalized spacial score (nSPS) is 11.9. The Balaban J connectivity index is 3.44. The molecule has 3 heteroatoms. The fourth-order valence-corrected chi connectivity index (χ4v) is 8.70. The molecule has 0 spiro atoms. The summed E-state index contributed by atoms with van der Waals surface area (Å²) in [4.78, 5) is 0. The molecule has 1 aromatic rings. The second-order valence-electron chi connectivity index (χ2n) is 6.40. The van der Waals surface area contributed by atoms with Gasteiger partial charge in [0.15, 0.2) is 11.5 Å². The van der Waals surface area contributed by atoms with Crippen molar-refractivity contribution >= 4 is 8.32 Å². The van der Waals surface area contributed by atoms with Gasteiger partial charge < -0.3 is 9.16 Å². The van der Waals surface area contributed by atoms with Crippen LogP contribution in [0.15, 0.2) is 18.2 Å². The van der Waals surface area contributed by atoms with E-state index in [0.29, 0.717) is 16.6 Å². The summed E-state index contributed by atoms with van der Waals surface area (Å²) in [5.41, 5.74) is 2.25. The molecule has 0 aromatic heterocycles. The summed E-state index contributed by atoms with van der Waals surface area (Å²) in [5, 5.41) is 0. The lowest BCUT2D eigenvalue weighted by atomic mass is 10.2. The smallest absolute Gasteiger partial charge is 0.258 e. The van der Waals surface area contributed by atoms with Crippen LogP contribution in [0.4, 0.5) is 0 Å². The van der Waals surface area contributed by atoms with Crippen molar-refractivity contribution < 1.29 is 9.16 Å². The molecule has 0 saturated heterocycles. The lowest BCUT2D eigenvalue weighted by Crippen LogP contribution is -2.50. The average molecular weight is 305 g/mol. The van der Waals surface area contributed by atoms with Crippen LogP contribution in [0.2, 0.25) is 16.6 Å². The Morgan fingerprint density at radius 2 is 1.52 bits per heavy atom. The van der Waals surface area contributed by atoms with E-state index >= 15 is 0 Å². The van der Waals surface area contributed by atoms with E-state index in [1.807, 2.05) is 18.2 Å². The Kier molecular flexibility index (Phi) is 5.92. The number of hydrogen-bond acceptors (Lipinski definition) is 2. The predicted octanol–water partition coefficient (Wildman–Crippen LogP) is 5.23. The number of methoxy groups -OCH3 is 1. The van der Waals surface area contributed by atoms with E-state index < -0.39 is 8.32 Å². The van der Waals surface area contributed by atoms with Crippen LogP contribution in [0, 0.1) is 12.3 Å².